The Morgan fingerprint density at radius 2 is 2.00 bits per heavy atom. The van der Waals surface area contributed by atoms with Crippen LogP contribution in [-0.4, -0.2) is 35.6 Å². The second-order valence-corrected chi connectivity index (χ2v) is 4.79. The molecule has 1 N–H and O–H groups in total. The van der Waals surface area contributed by atoms with Gasteiger partial charge in [-0.1, -0.05) is 0 Å². The Morgan fingerprint density at radius 3 is 2.47 bits per heavy atom. The summed E-state index contributed by atoms with van der Waals surface area (Å²) in [5, 5.41) is 9.17. The molecule has 0 heterocycles. The lowest BCUT2D eigenvalue weighted by Gasteiger charge is -2.18. The van der Waals surface area contributed by atoms with Gasteiger partial charge in [-0.2, -0.15) is 0 Å². The fourth-order valence-electron chi connectivity index (χ4n) is 1.29. The Kier molecular flexibility index (Phi) is 4.53. The molecule has 1 aromatic rings. The van der Waals surface area contributed by atoms with Crippen molar-refractivity contribution in [2.24, 2.45) is 0 Å². The summed E-state index contributed by atoms with van der Waals surface area (Å²) < 4.78 is 1.10. The molecule has 82 valence electrons. The van der Waals surface area contributed by atoms with Crippen molar-refractivity contribution in [1.29, 1.82) is 0 Å². The van der Waals surface area contributed by atoms with Gasteiger partial charge in [-0.05, 0) is 53.8 Å². The van der Waals surface area contributed by atoms with Gasteiger partial charge < -0.3 is 10.0 Å². The first kappa shape index (κ1) is 12.4. The van der Waals surface area contributed by atoms with Crippen LogP contribution in [0.4, 0.5) is 0 Å². The number of carbonyl (C=O) groups is 1. The number of hydrogen-bond donors (Lipinski definition) is 1. The zero-order chi connectivity index (χ0) is 11.4. The van der Waals surface area contributed by atoms with Gasteiger partial charge in [-0.15, -0.1) is 0 Å². The molecule has 1 unspecified atom stereocenters. The van der Waals surface area contributed by atoms with Crippen molar-refractivity contribution in [2.75, 3.05) is 13.6 Å². The highest BCUT2D eigenvalue weighted by molar-refractivity contribution is 14.1. The van der Waals surface area contributed by atoms with Gasteiger partial charge in [0.1, 0.15) is 0 Å². The molecule has 1 atom stereocenters. The van der Waals surface area contributed by atoms with Gasteiger partial charge in [-0.25, -0.2) is 0 Å². The van der Waals surface area contributed by atoms with E-state index in [4.69, 9.17) is 5.11 Å². The number of amides is 1. The van der Waals surface area contributed by atoms with E-state index in [9.17, 15) is 4.79 Å². The largest absolute Gasteiger partial charge is 0.392 e. The van der Waals surface area contributed by atoms with Gasteiger partial charge in [0.15, 0.2) is 0 Å². The van der Waals surface area contributed by atoms with Crippen molar-refractivity contribution < 1.29 is 9.90 Å². The van der Waals surface area contributed by atoms with E-state index in [1.165, 1.54) is 4.90 Å². The van der Waals surface area contributed by atoms with E-state index in [2.05, 4.69) is 22.6 Å². The SMILES string of the molecule is CC(O)CN(C)C(=O)c1ccc(I)cc1. The number of halogens is 1. The molecule has 1 aromatic carbocycles. The Bertz CT molecular complexity index is 335. The van der Waals surface area contributed by atoms with Gasteiger partial charge in [0.25, 0.3) is 5.91 Å². The first-order valence-electron chi connectivity index (χ1n) is 4.70. The van der Waals surface area contributed by atoms with Crippen molar-refractivity contribution in [2.45, 2.75) is 13.0 Å². The van der Waals surface area contributed by atoms with Gasteiger partial charge in [-0.3, -0.25) is 4.79 Å². The molecule has 3 nitrogen and oxygen atoms in total. The first-order chi connectivity index (χ1) is 7.00. The molecule has 0 radical (unpaired) electrons. The summed E-state index contributed by atoms with van der Waals surface area (Å²) in [7, 11) is 1.69. The van der Waals surface area contributed by atoms with Gasteiger partial charge in [0, 0.05) is 22.7 Å². The van der Waals surface area contributed by atoms with Crippen LogP contribution in [0.2, 0.25) is 0 Å². The molecular formula is C11H14INO2. The molecule has 0 spiro atoms. The molecule has 15 heavy (non-hydrogen) atoms. The average molecular weight is 319 g/mol. The Hall–Kier alpha value is -0.620. The third-order valence-corrected chi connectivity index (χ3v) is 2.70. The molecule has 0 saturated heterocycles. The Labute approximate surface area is 103 Å². The molecule has 4 heteroatoms. The highest BCUT2D eigenvalue weighted by Gasteiger charge is 2.12. The fraction of sp³-hybridized carbons (Fsp3) is 0.364. The maximum atomic E-state index is 11.8. The number of carbonyl (C=O) groups excluding carboxylic acids is 1. The van der Waals surface area contributed by atoms with Crippen LogP contribution in [0, 0.1) is 3.57 Å². The van der Waals surface area contributed by atoms with Crippen LogP contribution < -0.4 is 0 Å². The summed E-state index contributed by atoms with van der Waals surface area (Å²) in [4.78, 5) is 13.3. The molecule has 0 saturated carbocycles. The summed E-state index contributed by atoms with van der Waals surface area (Å²) in [5.74, 6) is -0.0627. The van der Waals surface area contributed by atoms with Gasteiger partial charge in [0.2, 0.25) is 0 Å². The van der Waals surface area contributed by atoms with E-state index >= 15 is 0 Å². The van der Waals surface area contributed by atoms with Gasteiger partial charge >= 0.3 is 0 Å². The lowest BCUT2D eigenvalue weighted by atomic mass is 10.2. The molecule has 0 aliphatic heterocycles. The normalized spacial score (nSPS) is 12.3. The van der Waals surface area contributed by atoms with E-state index in [1.807, 2.05) is 12.1 Å². The number of nitrogens with zero attached hydrogens (tertiary/aromatic N) is 1. The summed E-state index contributed by atoms with van der Waals surface area (Å²) in [6.07, 6.45) is -0.497. The lowest BCUT2D eigenvalue weighted by molar-refractivity contribution is 0.0703. The van der Waals surface area contributed by atoms with Crippen molar-refractivity contribution in [3.05, 3.63) is 33.4 Å². The number of aliphatic hydroxyl groups is 1. The zero-order valence-electron chi connectivity index (χ0n) is 8.77. The standard InChI is InChI=1S/C11H14INO2/c1-8(14)7-13(2)11(15)9-3-5-10(12)6-4-9/h3-6,8,14H,7H2,1-2H3. The number of rotatable bonds is 3. The summed E-state index contributed by atoms with van der Waals surface area (Å²) in [5.41, 5.74) is 0.651. The molecule has 0 aliphatic rings. The van der Waals surface area contributed by atoms with Crippen LogP contribution in [-0.2, 0) is 0 Å². The Balaban J connectivity index is 2.72. The second-order valence-electron chi connectivity index (χ2n) is 3.54. The van der Waals surface area contributed by atoms with E-state index in [-0.39, 0.29) is 5.91 Å². The molecule has 0 fully saturated rings. The molecule has 0 aliphatic carbocycles. The van der Waals surface area contributed by atoms with Crippen molar-refractivity contribution in [3.8, 4) is 0 Å². The zero-order valence-corrected chi connectivity index (χ0v) is 10.9. The van der Waals surface area contributed by atoms with Crippen LogP contribution in [0.25, 0.3) is 0 Å². The molecule has 1 rings (SSSR count). The van der Waals surface area contributed by atoms with Crippen molar-refractivity contribution in [1.82, 2.24) is 4.90 Å². The van der Waals surface area contributed by atoms with Crippen LogP contribution in [0.1, 0.15) is 17.3 Å². The minimum absolute atomic E-state index is 0.0627. The van der Waals surface area contributed by atoms with Crippen LogP contribution in [0.3, 0.4) is 0 Å². The molecule has 1 amide bonds. The average Bonchev–Trinajstić information content (AvgIpc) is 2.17. The van der Waals surface area contributed by atoms with E-state index < -0.39 is 6.10 Å². The van der Waals surface area contributed by atoms with E-state index in [0.717, 1.165) is 3.57 Å². The summed E-state index contributed by atoms with van der Waals surface area (Å²) in [6, 6.07) is 7.37. The third-order valence-electron chi connectivity index (χ3n) is 1.98. The lowest BCUT2D eigenvalue weighted by Crippen LogP contribution is -2.32. The fourth-order valence-corrected chi connectivity index (χ4v) is 1.65. The maximum absolute atomic E-state index is 11.8. The van der Waals surface area contributed by atoms with Crippen LogP contribution in [0.5, 0.6) is 0 Å². The molecular weight excluding hydrogens is 305 g/mol. The highest BCUT2D eigenvalue weighted by Crippen LogP contribution is 2.08. The van der Waals surface area contributed by atoms with Crippen LogP contribution in [0.15, 0.2) is 24.3 Å². The minimum atomic E-state index is -0.497. The predicted octanol–water partition coefficient (Wildman–Crippen LogP) is 1.74. The number of likely N-dealkylation sites (N-methyl/N-ethyl adjacent to an activating group) is 1. The van der Waals surface area contributed by atoms with Gasteiger partial charge in [0.05, 0.1) is 6.10 Å². The summed E-state index contributed by atoms with van der Waals surface area (Å²) >= 11 is 2.19. The quantitative estimate of drug-likeness (QED) is 0.862. The second kappa shape index (κ2) is 5.46. The van der Waals surface area contributed by atoms with Crippen LogP contribution >= 0.6 is 22.6 Å². The monoisotopic (exact) mass is 319 g/mol. The Morgan fingerprint density at radius 1 is 1.47 bits per heavy atom. The maximum Gasteiger partial charge on any atom is 0.253 e. The highest BCUT2D eigenvalue weighted by atomic mass is 127. The predicted molar refractivity (Wildman–Crippen MR) is 67.8 cm³/mol. The number of benzene rings is 1. The van der Waals surface area contributed by atoms with Crippen molar-refractivity contribution >= 4 is 28.5 Å². The minimum Gasteiger partial charge on any atom is -0.392 e. The van der Waals surface area contributed by atoms with E-state index in [0.29, 0.717) is 12.1 Å². The smallest absolute Gasteiger partial charge is 0.253 e. The third kappa shape index (κ3) is 3.79. The van der Waals surface area contributed by atoms with E-state index in [1.54, 1.807) is 26.1 Å². The van der Waals surface area contributed by atoms with Crippen molar-refractivity contribution in [3.63, 3.8) is 0 Å². The molecule has 0 bridgehead atoms. The summed E-state index contributed by atoms with van der Waals surface area (Å²) in [6.45, 7) is 2.02. The topological polar surface area (TPSA) is 40.5 Å². The number of aliphatic hydroxyl groups excluding tert-OH is 1. The molecule has 0 aromatic heterocycles. The first-order valence-corrected chi connectivity index (χ1v) is 5.77. The number of hydrogen-bond acceptors (Lipinski definition) is 2.